The van der Waals surface area contributed by atoms with Crippen molar-refractivity contribution in [2.24, 2.45) is 5.92 Å². The zero-order valence-corrected chi connectivity index (χ0v) is 9.51. The van der Waals surface area contributed by atoms with Crippen LogP contribution in [-0.2, 0) is 6.42 Å². The lowest BCUT2D eigenvalue weighted by molar-refractivity contribution is 0.599. The molecular weight excluding hydrogens is 211 g/mol. The smallest absolute Gasteiger partial charge is 0.0931 e. The Bertz CT molecular complexity index is 242. The quantitative estimate of drug-likeness (QED) is 0.673. The molecule has 0 aromatic carbocycles. The molecule has 0 spiro atoms. The summed E-state index contributed by atoms with van der Waals surface area (Å²) in [7, 11) is 0. The molecule has 0 radical (unpaired) electrons. The predicted octanol–water partition coefficient (Wildman–Crippen LogP) is 4.21. The van der Waals surface area contributed by atoms with Gasteiger partial charge >= 0.3 is 0 Å². The van der Waals surface area contributed by atoms with Crippen LogP contribution in [0, 0.1) is 5.92 Å². The zero-order valence-electron chi connectivity index (χ0n) is 7.18. The minimum Gasteiger partial charge on any atom is -0.128 e. The molecule has 0 aliphatic rings. The van der Waals surface area contributed by atoms with Gasteiger partial charge in [-0.3, -0.25) is 0 Å². The molecule has 12 heavy (non-hydrogen) atoms. The van der Waals surface area contributed by atoms with Gasteiger partial charge in [0.15, 0.2) is 0 Å². The van der Waals surface area contributed by atoms with Crippen molar-refractivity contribution in [1.82, 2.24) is 0 Å². The highest BCUT2D eigenvalue weighted by molar-refractivity contribution is 7.16. The van der Waals surface area contributed by atoms with Crippen molar-refractivity contribution >= 4 is 34.5 Å². The van der Waals surface area contributed by atoms with Crippen LogP contribution in [0.15, 0.2) is 12.1 Å². The van der Waals surface area contributed by atoms with Crippen LogP contribution >= 0.6 is 34.5 Å². The van der Waals surface area contributed by atoms with E-state index in [1.807, 2.05) is 12.1 Å². The standard InChI is InChI=1S/C9H12Cl2S/c1-6(2)8(10)5-7-3-4-9(11)12-7/h3-4,6,8H,5H2,1-2H3. The molecule has 1 aromatic rings. The number of halogens is 2. The predicted molar refractivity (Wildman–Crippen MR) is 57.5 cm³/mol. The second kappa shape index (κ2) is 4.50. The van der Waals surface area contributed by atoms with Gasteiger partial charge in [-0.1, -0.05) is 25.4 Å². The Hall–Kier alpha value is 0.280. The first-order valence-corrected chi connectivity index (χ1v) is 5.61. The fourth-order valence-electron chi connectivity index (χ4n) is 0.889. The molecular formula is C9H12Cl2S. The Morgan fingerprint density at radius 2 is 2.08 bits per heavy atom. The summed E-state index contributed by atoms with van der Waals surface area (Å²) < 4.78 is 0.845. The Kier molecular flexibility index (Phi) is 3.88. The number of thiophene rings is 1. The van der Waals surface area contributed by atoms with E-state index < -0.39 is 0 Å². The highest BCUT2D eigenvalue weighted by Gasteiger charge is 2.11. The molecule has 3 heteroatoms. The van der Waals surface area contributed by atoms with Gasteiger partial charge in [-0.2, -0.15) is 0 Å². The van der Waals surface area contributed by atoms with E-state index in [1.165, 1.54) is 4.88 Å². The van der Waals surface area contributed by atoms with Gasteiger partial charge in [-0.05, 0) is 24.5 Å². The summed E-state index contributed by atoms with van der Waals surface area (Å²) in [5, 5.41) is 0.222. The minimum atomic E-state index is 0.222. The Morgan fingerprint density at radius 3 is 2.50 bits per heavy atom. The molecule has 1 atom stereocenters. The van der Waals surface area contributed by atoms with Gasteiger partial charge in [0.1, 0.15) is 0 Å². The molecule has 1 rings (SSSR count). The van der Waals surface area contributed by atoms with Gasteiger partial charge in [0, 0.05) is 10.3 Å². The maximum atomic E-state index is 6.12. The normalized spacial score (nSPS) is 13.8. The summed E-state index contributed by atoms with van der Waals surface area (Å²) in [6.07, 6.45) is 0.927. The van der Waals surface area contributed by atoms with Crippen LogP contribution in [-0.4, -0.2) is 5.38 Å². The van der Waals surface area contributed by atoms with E-state index in [0.717, 1.165) is 10.8 Å². The van der Waals surface area contributed by atoms with Gasteiger partial charge in [0.2, 0.25) is 0 Å². The molecule has 0 aliphatic carbocycles. The fourth-order valence-corrected chi connectivity index (χ4v) is 2.29. The summed E-state index contributed by atoms with van der Waals surface area (Å²) >= 11 is 13.5. The minimum absolute atomic E-state index is 0.222. The van der Waals surface area contributed by atoms with Crippen molar-refractivity contribution in [2.75, 3.05) is 0 Å². The maximum absolute atomic E-state index is 6.12. The highest BCUT2D eigenvalue weighted by atomic mass is 35.5. The summed E-state index contributed by atoms with van der Waals surface area (Å²) in [5.41, 5.74) is 0. The van der Waals surface area contributed by atoms with Gasteiger partial charge < -0.3 is 0 Å². The first-order chi connectivity index (χ1) is 5.59. The average Bonchev–Trinajstić information content (AvgIpc) is 2.35. The third-order valence-corrected chi connectivity index (χ3v) is 3.66. The van der Waals surface area contributed by atoms with Gasteiger partial charge in [0.25, 0.3) is 0 Å². The van der Waals surface area contributed by atoms with Crippen LogP contribution in [0.4, 0.5) is 0 Å². The summed E-state index contributed by atoms with van der Waals surface area (Å²) in [5.74, 6) is 0.521. The SMILES string of the molecule is CC(C)C(Cl)Cc1ccc(Cl)s1. The molecule has 0 saturated heterocycles. The van der Waals surface area contributed by atoms with Gasteiger partial charge in [-0.25, -0.2) is 0 Å². The summed E-state index contributed by atoms with van der Waals surface area (Å²) in [4.78, 5) is 1.27. The van der Waals surface area contributed by atoms with E-state index in [2.05, 4.69) is 13.8 Å². The summed E-state index contributed by atoms with van der Waals surface area (Å²) in [6, 6.07) is 3.97. The molecule has 68 valence electrons. The highest BCUT2D eigenvalue weighted by Crippen LogP contribution is 2.25. The van der Waals surface area contributed by atoms with E-state index in [4.69, 9.17) is 23.2 Å². The first kappa shape index (κ1) is 10.4. The number of hydrogen-bond donors (Lipinski definition) is 0. The Balaban J connectivity index is 2.52. The van der Waals surface area contributed by atoms with Crippen LogP contribution in [0.2, 0.25) is 4.34 Å². The lowest BCUT2D eigenvalue weighted by Crippen LogP contribution is -2.09. The molecule has 1 unspecified atom stereocenters. The van der Waals surface area contributed by atoms with Crippen molar-refractivity contribution in [3.8, 4) is 0 Å². The van der Waals surface area contributed by atoms with Crippen LogP contribution < -0.4 is 0 Å². The molecule has 0 aliphatic heterocycles. The summed E-state index contributed by atoms with van der Waals surface area (Å²) in [6.45, 7) is 4.26. The molecule has 0 bridgehead atoms. The average molecular weight is 223 g/mol. The fraction of sp³-hybridized carbons (Fsp3) is 0.556. The van der Waals surface area contributed by atoms with E-state index >= 15 is 0 Å². The molecule has 1 aromatic heterocycles. The van der Waals surface area contributed by atoms with E-state index in [-0.39, 0.29) is 5.38 Å². The van der Waals surface area contributed by atoms with E-state index in [0.29, 0.717) is 5.92 Å². The topological polar surface area (TPSA) is 0 Å². The second-order valence-electron chi connectivity index (χ2n) is 3.17. The lowest BCUT2D eigenvalue weighted by Gasteiger charge is -2.10. The third kappa shape index (κ3) is 2.96. The largest absolute Gasteiger partial charge is 0.128 e. The maximum Gasteiger partial charge on any atom is 0.0931 e. The van der Waals surface area contributed by atoms with E-state index in [1.54, 1.807) is 11.3 Å². The van der Waals surface area contributed by atoms with Crippen molar-refractivity contribution in [2.45, 2.75) is 25.6 Å². The van der Waals surface area contributed by atoms with Crippen molar-refractivity contribution in [3.05, 3.63) is 21.3 Å². The molecule has 0 saturated carbocycles. The molecule has 0 amide bonds. The number of alkyl halides is 1. The molecule has 1 heterocycles. The van der Waals surface area contributed by atoms with E-state index in [9.17, 15) is 0 Å². The Labute approximate surface area is 87.5 Å². The second-order valence-corrected chi connectivity index (χ2v) is 5.53. The lowest BCUT2D eigenvalue weighted by atomic mass is 10.1. The van der Waals surface area contributed by atoms with Crippen molar-refractivity contribution < 1.29 is 0 Å². The molecule has 0 N–H and O–H groups in total. The Morgan fingerprint density at radius 1 is 1.42 bits per heavy atom. The molecule has 0 fully saturated rings. The van der Waals surface area contributed by atoms with Crippen molar-refractivity contribution in [1.29, 1.82) is 0 Å². The van der Waals surface area contributed by atoms with Gasteiger partial charge in [-0.15, -0.1) is 22.9 Å². The number of rotatable bonds is 3. The molecule has 0 nitrogen and oxygen atoms in total. The van der Waals surface area contributed by atoms with Gasteiger partial charge in [0.05, 0.1) is 4.34 Å². The van der Waals surface area contributed by atoms with Crippen LogP contribution in [0.25, 0.3) is 0 Å². The third-order valence-electron chi connectivity index (χ3n) is 1.75. The number of hydrogen-bond acceptors (Lipinski definition) is 1. The zero-order chi connectivity index (χ0) is 9.14. The first-order valence-electron chi connectivity index (χ1n) is 3.98. The van der Waals surface area contributed by atoms with Crippen LogP contribution in [0.3, 0.4) is 0 Å². The van der Waals surface area contributed by atoms with Crippen LogP contribution in [0.5, 0.6) is 0 Å². The van der Waals surface area contributed by atoms with Crippen LogP contribution in [0.1, 0.15) is 18.7 Å². The monoisotopic (exact) mass is 222 g/mol. The van der Waals surface area contributed by atoms with Crippen molar-refractivity contribution in [3.63, 3.8) is 0 Å².